The Labute approximate surface area is 127 Å². The van der Waals surface area contributed by atoms with Crippen LogP contribution < -0.4 is 4.72 Å². The summed E-state index contributed by atoms with van der Waals surface area (Å²) in [5.41, 5.74) is -0.660. The quantitative estimate of drug-likeness (QED) is 0.833. The fraction of sp³-hybridized carbons (Fsp3) is 0.462. The fourth-order valence-electron chi connectivity index (χ4n) is 1.37. The highest BCUT2D eigenvalue weighted by Crippen LogP contribution is 2.16. The number of esters is 1. The molecule has 1 rings (SSSR count). The van der Waals surface area contributed by atoms with Crippen molar-refractivity contribution in [2.75, 3.05) is 0 Å². The summed E-state index contributed by atoms with van der Waals surface area (Å²) < 4.78 is 32.3. The van der Waals surface area contributed by atoms with E-state index in [-0.39, 0.29) is 4.90 Å². The molecule has 0 heterocycles. The number of ether oxygens (including phenoxy) is 1. The molecule has 1 aromatic carbocycles. The van der Waals surface area contributed by atoms with Crippen molar-refractivity contribution < 1.29 is 17.9 Å². The van der Waals surface area contributed by atoms with Crippen molar-refractivity contribution in [2.24, 2.45) is 0 Å². The molecule has 0 amide bonds. The third-order valence-electron chi connectivity index (χ3n) is 2.20. The molecule has 7 heteroatoms. The van der Waals surface area contributed by atoms with E-state index in [9.17, 15) is 13.2 Å². The molecule has 20 heavy (non-hydrogen) atoms. The zero-order valence-electron chi connectivity index (χ0n) is 11.8. The van der Waals surface area contributed by atoms with E-state index in [1.807, 2.05) is 0 Å². The van der Waals surface area contributed by atoms with Gasteiger partial charge in [-0.1, -0.05) is 22.0 Å². The van der Waals surface area contributed by atoms with Gasteiger partial charge < -0.3 is 4.74 Å². The van der Waals surface area contributed by atoms with Gasteiger partial charge in [-0.05, 0) is 45.9 Å². The summed E-state index contributed by atoms with van der Waals surface area (Å²) >= 11 is 3.21. The predicted octanol–water partition coefficient (Wildman–Crippen LogP) is 2.46. The Hall–Kier alpha value is -0.920. The first-order chi connectivity index (χ1) is 9.01. The standard InChI is InChI=1S/C13H18BrNO4S/c1-9(12(16)19-13(2,3)4)15-20(17,18)11-7-5-6-10(14)8-11/h5-9,15H,1-4H3/t9-/m0/s1. The van der Waals surface area contributed by atoms with Crippen LogP contribution in [0.5, 0.6) is 0 Å². The van der Waals surface area contributed by atoms with E-state index in [0.29, 0.717) is 4.47 Å². The van der Waals surface area contributed by atoms with Crippen LogP contribution in [-0.2, 0) is 19.6 Å². The summed E-state index contributed by atoms with van der Waals surface area (Å²) in [6, 6.07) is 5.28. The number of rotatable bonds is 4. The average molecular weight is 364 g/mol. The third kappa shape index (κ3) is 5.22. The van der Waals surface area contributed by atoms with Crippen molar-refractivity contribution in [1.29, 1.82) is 0 Å². The first kappa shape index (κ1) is 17.1. The Morgan fingerprint density at radius 2 is 1.95 bits per heavy atom. The number of halogens is 1. The van der Waals surface area contributed by atoms with Gasteiger partial charge in [-0.2, -0.15) is 4.72 Å². The SMILES string of the molecule is C[C@H](NS(=O)(=O)c1cccc(Br)c1)C(=O)OC(C)(C)C. The van der Waals surface area contributed by atoms with Gasteiger partial charge in [-0.3, -0.25) is 4.79 Å². The number of carbonyl (C=O) groups excluding carboxylic acids is 1. The minimum atomic E-state index is -3.76. The highest BCUT2D eigenvalue weighted by molar-refractivity contribution is 9.10. The van der Waals surface area contributed by atoms with Crippen LogP contribution in [0.1, 0.15) is 27.7 Å². The van der Waals surface area contributed by atoms with Gasteiger partial charge in [-0.25, -0.2) is 8.42 Å². The molecule has 0 radical (unpaired) electrons. The molecule has 0 aliphatic rings. The monoisotopic (exact) mass is 363 g/mol. The highest BCUT2D eigenvalue weighted by atomic mass is 79.9. The molecule has 5 nitrogen and oxygen atoms in total. The number of benzene rings is 1. The average Bonchev–Trinajstić information content (AvgIpc) is 2.26. The van der Waals surface area contributed by atoms with Crippen molar-refractivity contribution in [3.63, 3.8) is 0 Å². The number of nitrogens with one attached hydrogen (secondary N) is 1. The van der Waals surface area contributed by atoms with Gasteiger partial charge >= 0.3 is 5.97 Å². The van der Waals surface area contributed by atoms with E-state index in [4.69, 9.17) is 4.74 Å². The Balaban J connectivity index is 2.84. The molecular formula is C13H18BrNO4S. The van der Waals surface area contributed by atoms with Gasteiger partial charge in [0.2, 0.25) is 10.0 Å². The van der Waals surface area contributed by atoms with Crippen molar-refractivity contribution in [3.8, 4) is 0 Å². The second-order valence-electron chi connectivity index (χ2n) is 5.33. The van der Waals surface area contributed by atoms with E-state index in [0.717, 1.165) is 0 Å². The zero-order valence-corrected chi connectivity index (χ0v) is 14.2. The van der Waals surface area contributed by atoms with E-state index in [1.54, 1.807) is 32.9 Å². The Bertz CT molecular complexity index is 593. The van der Waals surface area contributed by atoms with E-state index >= 15 is 0 Å². The topological polar surface area (TPSA) is 72.5 Å². The number of sulfonamides is 1. The molecular weight excluding hydrogens is 346 g/mol. The first-order valence-electron chi connectivity index (χ1n) is 6.02. The van der Waals surface area contributed by atoms with Gasteiger partial charge in [0.1, 0.15) is 11.6 Å². The summed E-state index contributed by atoms with van der Waals surface area (Å²) in [7, 11) is -3.76. The van der Waals surface area contributed by atoms with Crippen LogP contribution in [0, 0.1) is 0 Å². The van der Waals surface area contributed by atoms with Crippen LogP contribution in [0.25, 0.3) is 0 Å². The molecule has 0 saturated heterocycles. The molecule has 1 N–H and O–H groups in total. The molecule has 0 fully saturated rings. The molecule has 0 bridgehead atoms. The van der Waals surface area contributed by atoms with Crippen LogP contribution in [-0.4, -0.2) is 26.0 Å². The molecule has 1 aromatic rings. The van der Waals surface area contributed by atoms with Crippen LogP contribution in [0.15, 0.2) is 33.6 Å². The van der Waals surface area contributed by atoms with Crippen LogP contribution in [0.3, 0.4) is 0 Å². The maximum atomic E-state index is 12.1. The fourth-order valence-corrected chi connectivity index (χ4v) is 3.16. The number of hydrogen-bond acceptors (Lipinski definition) is 4. The molecule has 1 atom stereocenters. The molecule has 0 aliphatic heterocycles. The molecule has 0 aromatic heterocycles. The predicted molar refractivity (Wildman–Crippen MR) is 79.8 cm³/mol. The Morgan fingerprint density at radius 1 is 1.35 bits per heavy atom. The summed E-state index contributed by atoms with van der Waals surface area (Å²) in [5, 5.41) is 0. The van der Waals surface area contributed by atoms with Crippen LogP contribution in [0.4, 0.5) is 0 Å². The van der Waals surface area contributed by atoms with Gasteiger partial charge in [-0.15, -0.1) is 0 Å². The zero-order chi connectivity index (χ0) is 15.6. The molecule has 0 spiro atoms. The van der Waals surface area contributed by atoms with Crippen molar-refractivity contribution in [2.45, 2.75) is 44.2 Å². The van der Waals surface area contributed by atoms with Crippen molar-refractivity contribution >= 4 is 31.9 Å². The highest BCUT2D eigenvalue weighted by Gasteiger charge is 2.26. The molecule has 112 valence electrons. The Morgan fingerprint density at radius 3 is 2.45 bits per heavy atom. The van der Waals surface area contributed by atoms with Crippen LogP contribution in [0.2, 0.25) is 0 Å². The smallest absolute Gasteiger partial charge is 0.324 e. The minimum Gasteiger partial charge on any atom is -0.459 e. The molecule has 0 unspecified atom stereocenters. The summed E-state index contributed by atoms with van der Waals surface area (Å²) in [4.78, 5) is 11.9. The summed E-state index contributed by atoms with van der Waals surface area (Å²) in [6.45, 7) is 6.62. The summed E-state index contributed by atoms with van der Waals surface area (Å²) in [6.07, 6.45) is 0. The lowest BCUT2D eigenvalue weighted by molar-refractivity contribution is -0.156. The van der Waals surface area contributed by atoms with E-state index in [1.165, 1.54) is 19.1 Å². The van der Waals surface area contributed by atoms with E-state index in [2.05, 4.69) is 20.7 Å². The van der Waals surface area contributed by atoms with Gasteiger partial charge in [0.15, 0.2) is 0 Å². The number of carbonyl (C=O) groups is 1. The van der Waals surface area contributed by atoms with Gasteiger partial charge in [0.25, 0.3) is 0 Å². The van der Waals surface area contributed by atoms with Gasteiger partial charge in [0.05, 0.1) is 4.90 Å². The second kappa shape index (κ2) is 6.24. The van der Waals surface area contributed by atoms with Crippen molar-refractivity contribution in [3.05, 3.63) is 28.7 Å². The largest absolute Gasteiger partial charge is 0.459 e. The maximum absolute atomic E-state index is 12.1. The minimum absolute atomic E-state index is 0.0854. The second-order valence-corrected chi connectivity index (χ2v) is 7.96. The lowest BCUT2D eigenvalue weighted by Gasteiger charge is -2.22. The van der Waals surface area contributed by atoms with Gasteiger partial charge in [0, 0.05) is 4.47 Å². The first-order valence-corrected chi connectivity index (χ1v) is 8.30. The van der Waals surface area contributed by atoms with Crippen LogP contribution >= 0.6 is 15.9 Å². The Kier molecular flexibility index (Phi) is 5.34. The lowest BCUT2D eigenvalue weighted by atomic mass is 10.2. The molecule has 0 saturated carbocycles. The van der Waals surface area contributed by atoms with Crippen molar-refractivity contribution in [1.82, 2.24) is 4.72 Å². The molecule has 0 aliphatic carbocycles. The third-order valence-corrected chi connectivity index (χ3v) is 4.23. The maximum Gasteiger partial charge on any atom is 0.324 e. The van der Waals surface area contributed by atoms with E-state index < -0.39 is 27.6 Å². The summed E-state index contributed by atoms with van der Waals surface area (Å²) in [5.74, 6) is -0.615. The lowest BCUT2D eigenvalue weighted by Crippen LogP contribution is -2.42. The number of hydrogen-bond donors (Lipinski definition) is 1. The normalized spacial score (nSPS) is 13.8.